The number of fused-ring (bicyclic) bond motifs is 2. The lowest BCUT2D eigenvalue weighted by molar-refractivity contribution is 0.174. The zero-order chi connectivity index (χ0) is 24.1. The van der Waals surface area contributed by atoms with Crippen LogP contribution in [0.15, 0.2) is 71.5 Å². The maximum atomic E-state index is 13.5. The van der Waals surface area contributed by atoms with Gasteiger partial charge in [-0.1, -0.05) is 55.5 Å². The van der Waals surface area contributed by atoms with Gasteiger partial charge in [0, 0.05) is 19.0 Å². The molecule has 0 fully saturated rings. The normalized spacial score (nSPS) is 12.1. The van der Waals surface area contributed by atoms with Gasteiger partial charge in [0.15, 0.2) is 0 Å². The van der Waals surface area contributed by atoms with Gasteiger partial charge in [-0.05, 0) is 36.9 Å². The van der Waals surface area contributed by atoms with Crippen LogP contribution >= 0.6 is 0 Å². The molecule has 0 saturated carbocycles. The van der Waals surface area contributed by atoms with Gasteiger partial charge in [0.25, 0.3) is 5.56 Å². The second-order valence-corrected chi connectivity index (χ2v) is 8.26. The number of hydrogen-bond donors (Lipinski definition) is 1. The van der Waals surface area contributed by atoms with Crippen LogP contribution in [0.5, 0.6) is 0 Å². The van der Waals surface area contributed by atoms with E-state index in [1.54, 1.807) is 22.6 Å². The summed E-state index contributed by atoms with van der Waals surface area (Å²) in [6.45, 7) is 5.19. The molecule has 1 unspecified atom stereocenters. The number of urea groups is 1. The van der Waals surface area contributed by atoms with E-state index < -0.39 is 6.04 Å². The third-order valence-corrected chi connectivity index (χ3v) is 6.01. The number of benzene rings is 3. The van der Waals surface area contributed by atoms with Crippen molar-refractivity contribution in [1.82, 2.24) is 14.5 Å². The van der Waals surface area contributed by atoms with Gasteiger partial charge < -0.3 is 15.0 Å². The number of carbonyl (C=O) groups is 1. The molecule has 1 atom stereocenters. The quantitative estimate of drug-likeness (QED) is 0.394. The molecule has 0 radical (unpaired) electrons. The zero-order valence-corrected chi connectivity index (χ0v) is 19.8. The zero-order valence-electron chi connectivity index (χ0n) is 19.8. The minimum Gasteiger partial charge on any atom is -0.383 e. The van der Waals surface area contributed by atoms with Crippen LogP contribution in [0.1, 0.15) is 32.1 Å². The van der Waals surface area contributed by atoms with Crippen molar-refractivity contribution >= 4 is 33.4 Å². The third kappa shape index (κ3) is 4.65. The summed E-state index contributed by atoms with van der Waals surface area (Å²) in [5, 5.41) is 5.67. The number of carbonyl (C=O) groups excluding carboxylic acids is 1. The number of hydrogen-bond acceptors (Lipinski definition) is 4. The van der Waals surface area contributed by atoms with Gasteiger partial charge in [-0.2, -0.15) is 0 Å². The van der Waals surface area contributed by atoms with E-state index in [0.29, 0.717) is 36.4 Å². The van der Waals surface area contributed by atoms with Crippen LogP contribution in [0, 0.1) is 0 Å². The molecule has 3 aromatic carbocycles. The van der Waals surface area contributed by atoms with Crippen molar-refractivity contribution in [3.05, 3.63) is 82.9 Å². The van der Waals surface area contributed by atoms with E-state index in [4.69, 9.17) is 9.72 Å². The fourth-order valence-electron chi connectivity index (χ4n) is 4.28. The number of anilines is 1. The van der Waals surface area contributed by atoms with Gasteiger partial charge >= 0.3 is 6.03 Å². The fourth-order valence-corrected chi connectivity index (χ4v) is 4.28. The molecule has 1 heterocycles. The van der Waals surface area contributed by atoms with Gasteiger partial charge in [-0.15, -0.1) is 0 Å². The minimum absolute atomic E-state index is 0.129. The maximum absolute atomic E-state index is 13.5. The van der Waals surface area contributed by atoms with Crippen molar-refractivity contribution in [3.8, 4) is 0 Å². The van der Waals surface area contributed by atoms with E-state index in [-0.39, 0.29) is 11.6 Å². The summed E-state index contributed by atoms with van der Waals surface area (Å²) in [5.74, 6) is 0.544. The van der Waals surface area contributed by atoms with Crippen molar-refractivity contribution in [2.75, 3.05) is 25.6 Å². The molecule has 0 spiro atoms. The van der Waals surface area contributed by atoms with E-state index in [2.05, 4.69) is 5.32 Å². The van der Waals surface area contributed by atoms with Gasteiger partial charge in [-0.25, -0.2) is 9.78 Å². The number of ether oxygens (including phenoxy) is 1. The second kappa shape index (κ2) is 10.5. The number of nitrogens with zero attached hydrogens (tertiary/aromatic N) is 3. The summed E-state index contributed by atoms with van der Waals surface area (Å²) in [6, 6.07) is 20.4. The molecule has 0 aliphatic carbocycles. The first-order valence-electron chi connectivity index (χ1n) is 11.6. The molecule has 1 N–H and O–H groups in total. The fraction of sp³-hybridized carbons (Fsp3) is 0.296. The summed E-state index contributed by atoms with van der Waals surface area (Å²) >= 11 is 0. The largest absolute Gasteiger partial charge is 0.383 e. The molecule has 34 heavy (non-hydrogen) atoms. The van der Waals surface area contributed by atoms with Crippen LogP contribution in [-0.4, -0.2) is 40.7 Å². The molecule has 0 saturated heterocycles. The molecule has 1 aromatic heterocycles. The highest BCUT2D eigenvalue weighted by Crippen LogP contribution is 2.26. The van der Waals surface area contributed by atoms with Crippen molar-refractivity contribution in [3.63, 3.8) is 0 Å². The Hall–Kier alpha value is -3.71. The van der Waals surface area contributed by atoms with E-state index in [0.717, 1.165) is 22.9 Å². The van der Waals surface area contributed by atoms with Crippen molar-refractivity contribution in [2.24, 2.45) is 0 Å². The molecule has 0 bridgehead atoms. The molecular weight excluding hydrogens is 428 g/mol. The molecule has 7 nitrogen and oxygen atoms in total. The first-order valence-corrected chi connectivity index (χ1v) is 11.6. The number of methoxy groups -OCH3 is 1. The van der Waals surface area contributed by atoms with E-state index in [1.165, 1.54) is 0 Å². The van der Waals surface area contributed by atoms with Crippen LogP contribution in [0.25, 0.3) is 21.7 Å². The number of para-hydroxylation sites is 1. The molecule has 4 rings (SSSR count). The van der Waals surface area contributed by atoms with Crippen LogP contribution in [0.2, 0.25) is 0 Å². The van der Waals surface area contributed by atoms with E-state index in [1.807, 2.05) is 74.5 Å². The Morgan fingerprint density at radius 2 is 1.76 bits per heavy atom. The first kappa shape index (κ1) is 23.4. The molecule has 2 amide bonds. The summed E-state index contributed by atoms with van der Waals surface area (Å²) in [4.78, 5) is 33.4. The van der Waals surface area contributed by atoms with Crippen molar-refractivity contribution in [1.29, 1.82) is 0 Å². The van der Waals surface area contributed by atoms with Crippen molar-refractivity contribution in [2.45, 2.75) is 32.9 Å². The SMILES string of the molecule is CCCN(C(=O)Nc1cccc2ccccc12)C(C)c1nc2ccccc2c(=O)n1CCOC. The number of nitrogens with one attached hydrogen (secondary N) is 1. The van der Waals surface area contributed by atoms with Crippen LogP contribution in [0.3, 0.4) is 0 Å². The van der Waals surface area contributed by atoms with Gasteiger partial charge in [0.05, 0.1) is 35.8 Å². The van der Waals surface area contributed by atoms with Crippen LogP contribution in [0.4, 0.5) is 10.5 Å². The minimum atomic E-state index is -0.427. The summed E-state index contributed by atoms with van der Waals surface area (Å²) in [5.41, 5.74) is 1.24. The Morgan fingerprint density at radius 1 is 1.06 bits per heavy atom. The third-order valence-electron chi connectivity index (χ3n) is 6.01. The predicted octanol–water partition coefficient (Wildman–Crippen LogP) is 5.20. The lowest BCUT2D eigenvalue weighted by Gasteiger charge is -2.30. The average molecular weight is 459 g/mol. The van der Waals surface area contributed by atoms with Crippen LogP contribution in [-0.2, 0) is 11.3 Å². The Labute approximate surface area is 199 Å². The summed E-state index contributed by atoms with van der Waals surface area (Å²) in [6.07, 6.45) is 0.767. The first-order chi connectivity index (χ1) is 16.5. The van der Waals surface area contributed by atoms with Crippen molar-refractivity contribution < 1.29 is 9.53 Å². The molecule has 0 aliphatic heterocycles. The monoisotopic (exact) mass is 458 g/mol. The molecule has 0 aliphatic rings. The van der Waals surface area contributed by atoms with E-state index >= 15 is 0 Å². The number of rotatable bonds is 8. The highest BCUT2D eigenvalue weighted by atomic mass is 16.5. The highest BCUT2D eigenvalue weighted by Gasteiger charge is 2.26. The number of amides is 2. The summed E-state index contributed by atoms with van der Waals surface area (Å²) < 4.78 is 6.87. The Bertz CT molecular complexity index is 1360. The Balaban J connectivity index is 1.73. The predicted molar refractivity (Wildman–Crippen MR) is 136 cm³/mol. The molecule has 7 heteroatoms. The maximum Gasteiger partial charge on any atom is 0.322 e. The lowest BCUT2D eigenvalue weighted by atomic mass is 10.1. The highest BCUT2D eigenvalue weighted by molar-refractivity contribution is 6.01. The van der Waals surface area contributed by atoms with Crippen LogP contribution < -0.4 is 10.9 Å². The Kier molecular flexibility index (Phi) is 7.23. The van der Waals surface area contributed by atoms with E-state index in [9.17, 15) is 9.59 Å². The Morgan fingerprint density at radius 3 is 2.53 bits per heavy atom. The van der Waals surface area contributed by atoms with Gasteiger partial charge in [0.1, 0.15) is 5.82 Å². The topological polar surface area (TPSA) is 76.5 Å². The standard InChI is InChI=1S/C27H30N4O3/c1-4-16-30(27(33)29-23-15-9-11-20-10-5-6-12-21(20)23)19(2)25-28-24-14-8-7-13-22(24)26(32)31(25)17-18-34-3/h5-15,19H,4,16-18H2,1-3H3,(H,29,33). The molecule has 176 valence electrons. The molecule has 4 aromatic rings. The second-order valence-electron chi connectivity index (χ2n) is 8.26. The molecular formula is C27H30N4O3. The van der Waals surface area contributed by atoms with Gasteiger partial charge in [-0.3, -0.25) is 9.36 Å². The average Bonchev–Trinajstić information content (AvgIpc) is 2.86. The summed E-state index contributed by atoms with van der Waals surface area (Å²) in [7, 11) is 1.60. The smallest absolute Gasteiger partial charge is 0.322 e. The van der Waals surface area contributed by atoms with Gasteiger partial charge in [0.2, 0.25) is 0 Å². The number of aromatic nitrogens is 2. The lowest BCUT2D eigenvalue weighted by Crippen LogP contribution is -2.40.